The van der Waals surface area contributed by atoms with E-state index in [9.17, 15) is 9.59 Å². The molecule has 3 heterocycles. The number of hydrogen-bond donors (Lipinski definition) is 0. The van der Waals surface area contributed by atoms with Crippen LogP contribution in [0.3, 0.4) is 0 Å². The van der Waals surface area contributed by atoms with E-state index in [0.717, 1.165) is 16.4 Å². The first kappa shape index (κ1) is 14.6. The van der Waals surface area contributed by atoms with Crippen molar-refractivity contribution in [1.29, 1.82) is 0 Å². The van der Waals surface area contributed by atoms with Crippen LogP contribution in [0.25, 0.3) is 0 Å². The van der Waals surface area contributed by atoms with Crippen molar-refractivity contribution >= 4 is 28.8 Å². The fourth-order valence-corrected chi connectivity index (χ4v) is 3.39. The van der Waals surface area contributed by atoms with Crippen LogP contribution in [0.2, 0.25) is 0 Å². The van der Waals surface area contributed by atoms with Gasteiger partial charge in [-0.1, -0.05) is 0 Å². The lowest BCUT2D eigenvalue weighted by Crippen LogP contribution is -2.52. The Bertz CT molecular complexity index is 714. The molecule has 2 amide bonds. The van der Waals surface area contributed by atoms with Gasteiger partial charge >= 0.3 is 0 Å². The van der Waals surface area contributed by atoms with Crippen LogP contribution in [0.15, 0.2) is 24.5 Å². The average Bonchev–Trinajstić information content (AvgIpc) is 2.86. The summed E-state index contributed by atoms with van der Waals surface area (Å²) in [5.74, 6) is -0.200. The number of rotatable bonds is 2. The second-order valence-corrected chi connectivity index (χ2v) is 6.33. The van der Waals surface area contributed by atoms with Gasteiger partial charge in [0.25, 0.3) is 5.91 Å². The number of carbonyl (C=O) groups is 2. The predicted octanol–water partition coefficient (Wildman–Crippen LogP) is 1.64. The highest BCUT2D eigenvalue weighted by molar-refractivity contribution is 7.13. The van der Waals surface area contributed by atoms with E-state index < -0.39 is 0 Å². The van der Waals surface area contributed by atoms with Crippen molar-refractivity contribution in [1.82, 2.24) is 14.9 Å². The van der Waals surface area contributed by atoms with Gasteiger partial charge in [0, 0.05) is 19.3 Å². The smallest absolute Gasteiger partial charge is 0.266 e. The molecule has 1 fully saturated rings. The maximum atomic E-state index is 12.5. The highest BCUT2D eigenvalue weighted by Crippen LogP contribution is 2.21. The van der Waals surface area contributed by atoms with Crippen LogP contribution in [0.5, 0.6) is 0 Å². The maximum absolute atomic E-state index is 12.5. The number of hydrogen-bond acceptors (Lipinski definition) is 5. The topological polar surface area (TPSA) is 66.4 Å². The highest BCUT2D eigenvalue weighted by atomic mass is 32.1. The summed E-state index contributed by atoms with van der Waals surface area (Å²) in [7, 11) is 0. The molecule has 3 rings (SSSR count). The SMILES string of the molecule is Cc1nc(C)c(C(=O)N2CCN(c3cccnc3)C(=O)C2)s1. The lowest BCUT2D eigenvalue weighted by molar-refractivity contribution is -0.120. The van der Waals surface area contributed by atoms with Crippen molar-refractivity contribution < 1.29 is 9.59 Å². The Labute approximate surface area is 132 Å². The summed E-state index contributed by atoms with van der Waals surface area (Å²) in [5.41, 5.74) is 1.50. The van der Waals surface area contributed by atoms with Crippen LogP contribution in [-0.4, -0.2) is 46.3 Å². The zero-order valence-electron chi connectivity index (χ0n) is 12.4. The van der Waals surface area contributed by atoms with Gasteiger partial charge in [-0.3, -0.25) is 14.6 Å². The zero-order chi connectivity index (χ0) is 15.7. The van der Waals surface area contributed by atoms with E-state index in [1.54, 1.807) is 28.3 Å². The van der Waals surface area contributed by atoms with Crippen LogP contribution < -0.4 is 4.90 Å². The van der Waals surface area contributed by atoms with E-state index in [1.165, 1.54) is 11.3 Å². The molecule has 22 heavy (non-hydrogen) atoms. The van der Waals surface area contributed by atoms with Gasteiger partial charge in [-0.25, -0.2) is 4.98 Å². The molecule has 0 radical (unpaired) electrons. The molecule has 0 saturated carbocycles. The lowest BCUT2D eigenvalue weighted by Gasteiger charge is -2.34. The number of pyridine rings is 1. The number of aryl methyl sites for hydroxylation is 2. The average molecular weight is 316 g/mol. The summed E-state index contributed by atoms with van der Waals surface area (Å²) in [6.45, 7) is 4.78. The summed E-state index contributed by atoms with van der Waals surface area (Å²) >= 11 is 1.38. The predicted molar refractivity (Wildman–Crippen MR) is 84.1 cm³/mol. The molecular formula is C15H16N4O2S. The molecule has 2 aromatic heterocycles. The van der Waals surface area contributed by atoms with Crippen molar-refractivity contribution in [3.8, 4) is 0 Å². The van der Waals surface area contributed by atoms with Crippen LogP contribution in [0.4, 0.5) is 5.69 Å². The Morgan fingerprint density at radius 1 is 1.32 bits per heavy atom. The molecule has 1 saturated heterocycles. The molecule has 0 bridgehead atoms. The Hall–Kier alpha value is -2.28. The summed E-state index contributed by atoms with van der Waals surface area (Å²) in [4.78, 5) is 37.1. The summed E-state index contributed by atoms with van der Waals surface area (Å²) < 4.78 is 0. The fourth-order valence-electron chi connectivity index (χ4n) is 2.51. The number of anilines is 1. The lowest BCUT2D eigenvalue weighted by atomic mass is 10.2. The minimum Gasteiger partial charge on any atom is -0.327 e. The molecule has 0 spiro atoms. The Morgan fingerprint density at radius 3 is 2.73 bits per heavy atom. The quantitative estimate of drug-likeness (QED) is 0.845. The van der Waals surface area contributed by atoms with E-state index in [1.807, 2.05) is 19.9 Å². The maximum Gasteiger partial charge on any atom is 0.266 e. The molecule has 7 heteroatoms. The van der Waals surface area contributed by atoms with Gasteiger partial charge in [0.1, 0.15) is 11.4 Å². The number of carbonyl (C=O) groups excluding carboxylic acids is 2. The van der Waals surface area contributed by atoms with E-state index in [-0.39, 0.29) is 18.4 Å². The van der Waals surface area contributed by atoms with Crippen LogP contribution in [0.1, 0.15) is 20.4 Å². The standard InChI is InChI=1S/C15H16N4O2S/c1-10-14(22-11(2)17-10)15(21)18-6-7-19(13(20)9-18)12-4-3-5-16-8-12/h3-5,8H,6-7,9H2,1-2H3. The largest absolute Gasteiger partial charge is 0.327 e. The third kappa shape index (κ3) is 2.71. The molecule has 0 atom stereocenters. The number of nitrogens with zero attached hydrogens (tertiary/aromatic N) is 4. The van der Waals surface area contributed by atoms with E-state index >= 15 is 0 Å². The van der Waals surface area contributed by atoms with E-state index in [2.05, 4.69) is 9.97 Å². The van der Waals surface area contributed by atoms with Gasteiger partial charge in [0.2, 0.25) is 5.91 Å². The summed E-state index contributed by atoms with van der Waals surface area (Å²) in [5, 5.41) is 0.862. The zero-order valence-corrected chi connectivity index (χ0v) is 13.3. The van der Waals surface area contributed by atoms with Crippen LogP contribution in [0, 0.1) is 13.8 Å². The number of thiazole rings is 1. The highest BCUT2D eigenvalue weighted by Gasteiger charge is 2.30. The molecule has 1 aliphatic heterocycles. The third-order valence-electron chi connectivity index (χ3n) is 3.56. The van der Waals surface area contributed by atoms with Gasteiger partial charge in [-0.2, -0.15) is 0 Å². The molecule has 1 aliphatic rings. The van der Waals surface area contributed by atoms with Crippen molar-refractivity contribution in [3.05, 3.63) is 40.1 Å². The number of aromatic nitrogens is 2. The van der Waals surface area contributed by atoms with Crippen molar-refractivity contribution in [2.45, 2.75) is 13.8 Å². The van der Waals surface area contributed by atoms with Crippen molar-refractivity contribution in [2.75, 3.05) is 24.5 Å². The molecule has 0 unspecified atom stereocenters. The molecule has 0 aliphatic carbocycles. The second kappa shape index (κ2) is 5.84. The van der Waals surface area contributed by atoms with Gasteiger partial charge in [-0.05, 0) is 26.0 Å². The Morgan fingerprint density at radius 2 is 2.14 bits per heavy atom. The number of amides is 2. The first-order valence-corrected chi connectivity index (χ1v) is 7.81. The monoisotopic (exact) mass is 316 g/mol. The van der Waals surface area contributed by atoms with E-state index in [0.29, 0.717) is 18.0 Å². The minimum atomic E-state index is -0.109. The normalized spacial score (nSPS) is 15.3. The second-order valence-electron chi connectivity index (χ2n) is 5.13. The summed E-state index contributed by atoms with van der Waals surface area (Å²) in [6, 6.07) is 3.64. The molecular weight excluding hydrogens is 300 g/mol. The molecule has 0 aromatic carbocycles. The number of piperazine rings is 1. The van der Waals surface area contributed by atoms with Crippen LogP contribution >= 0.6 is 11.3 Å². The first-order valence-electron chi connectivity index (χ1n) is 7.00. The van der Waals surface area contributed by atoms with Gasteiger partial charge in [0.05, 0.1) is 22.6 Å². The summed E-state index contributed by atoms with van der Waals surface area (Å²) in [6.07, 6.45) is 3.33. The third-order valence-corrected chi connectivity index (χ3v) is 4.62. The minimum absolute atomic E-state index is 0.0874. The molecule has 2 aromatic rings. The van der Waals surface area contributed by atoms with Crippen molar-refractivity contribution in [2.24, 2.45) is 0 Å². The molecule has 114 valence electrons. The fraction of sp³-hybridized carbons (Fsp3) is 0.333. The van der Waals surface area contributed by atoms with Gasteiger partial charge < -0.3 is 9.80 Å². The van der Waals surface area contributed by atoms with Gasteiger partial charge in [-0.15, -0.1) is 11.3 Å². The molecule has 6 nitrogen and oxygen atoms in total. The molecule has 0 N–H and O–H groups in total. The van der Waals surface area contributed by atoms with Crippen molar-refractivity contribution in [3.63, 3.8) is 0 Å². The Balaban J connectivity index is 1.74. The first-order chi connectivity index (χ1) is 10.6. The van der Waals surface area contributed by atoms with Gasteiger partial charge in [0.15, 0.2) is 0 Å². The Kier molecular flexibility index (Phi) is 3.89. The van der Waals surface area contributed by atoms with Crippen LogP contribution in [-0.2, 0) is 4.79 Å². The van der Waals surface area contributed by atoms with E-state index in [4.69, 9.17) is 0 Å².